The van der Waals surface area contributed by atoms with E-state index >= 15 is 0 Å². The molecule has 1 N–H and O–H groups in total. The third-order valence-electron chi connectivity index (χ3n) is 5.12. The molecule has 0 fully saturated rings. The van der Waals surface area contributed by atoms with Crippen molar-refractivity contribution in [3.8, 4) is 11.4 Å². The normalized spacial score (nSPS) is 11.5. The summed E-state index contributed by atoms with van der Waals surface area (Å²) in [6.07, 6.45) is 3.82. The van der Waals surface area contributed by atoms with Gasteiger partial charge in [0.05, 0.1) is 17.7 Å². The summed E-state index contributed by atoms with van der Waals surface area (Å²) in [4.78, 5) is 13.1. The number of aromatic nitrogens is 1. The average Bonchev–Trinajstić information content (AvgIpc) is 3.29. The molecule has 31 heavy (non-hydrogen) atoms. The van der Waals surface area contributed by atoms with Crippen LogP contribution in [0.3, 0.4) is 0 Å². The van der Waals surface area contributed by atoms with Crippen molar-refractivity contribution in [3.05, 3.63) is 72.1 Å². The number of methoxy groups -OCH3 is 1. The fourth-order valence-corrected chi connectivity index (χ4v) is 4.86. The lowest BCUT2D eigenvalue weighted by Crippen LogP contribution is -2.30. The van der Waals surface area contributed by atoms with Crippen molar-refractivity contribution in [3.63, 3.8) is 0 Å². The van der Waals surface area contributed by atoms with E-state index in [1.807, 2.05) is 42.1 Å². The molecule has 1 heterocycles. The molecular formula is C23H27N3O4S. The Bertz CT molecular complexity index is 1170. The Morgan fingerprint density at radius 3 is 2.35 bits per heavy atom. The predicted octanol–water partition coefficient (Wildman–Crippen LogP) is 4.08. The molecule has 0 aliphatic carbocycles. The van der Waals surface area contributed by atoms with Gasteiger partial charge >= 0.3 is 0 Å². The van der Waals surface area contributed by atoms with Gasteiger partial charge in [-0.3, -0.25) is 4.79 Å². The zero-order valence-corrected chi connectivity index (χ0v) is 18.9. The second-order valence-electron chi connectivity index (χ2n) is 7.00. The third-order valence-corrected chi connectivity index (χ3v) is 7.16. The summed E-state index contributed by atoms with van der Waals surface area (Å²) in [5.74, 6) is 0.0219. The van der Waals surface area contributed by atoms with E-state index in [-0.39, 0.29) is 10.8 Å². The molecular weight excluding hydrogens is 414 g/mol. The predicted molar refractivity (Wildman–Crippen MR) is 122 cm³/mol. The number of hydrogen-bond donors (Lipinski definition) is 1. The second kappa shape index (κ2) is 9.36. The number of aryl methyl sites for hydroxylation is 1. The number of nitrogens with zero attached hydrogens (tertiary/aromatic N) is 2. The van der Waals surface area contributed by atoms with Crippen molar-refractivity contribution in [2.24, 2.45) is 0 Å². The van der Waals surface area contributed by atoms with Crippen LogP contribution in [0.5, 0.6) is 5.75 Å². The summed E-state index contributed by atoms with van der Waals surface area (Å²) in [6.45, 7) is 6.26. The van der Waals surface area contributed by atoms with Crippen molar-refractivity contribution in [2.75, 3.05) is 25.5 Å². The van der Waals surface area contributed by atoms with E-state index in [0.29, 0.717) is 30.1 Å². The Labute approximate surface area is 183 Å². The van der Waals surface area contributed by atoms with E-state index in [1.165, 1.54) is 23.5 Å². The van der Waals surface area contributed by atoms with E-state index in [1.54, 1.807) is 32.0 Å². The second-order valence-corrected chi connectivity index (χ2v) is 8.94. The van der Waals surface area contributed by atoms with Crippen LogP contribution in [0.4, 0.5) is 5.69 Å². The van der Waals surface area contributed by atoms with Gasteiger partial charge in [-0.2, -0.15) is 4.31 Å². The topological polar surface area (TPSA) is 80.6 Å². The highest BCUT2D eigenvalue weighted by Gasteiger charge is 2.23. The van der Waals surface area contributed by atoms with Gasteiger partial charge in [0.2, 0.25) is 10.0 Å². The van der Waals surface area contributed by atoms with Crippen LogP contribution in [0.25, 0.3) is 5.69 Å². The van der Waals surface area contributed by atoms with Crippen molar-refractivity contribution in [1.82, 2.24) is 8.87 Å². The number of hydrogen-bond acceptors (Lipinski definition) is 4. The number of sulfonamides is 1. The molecule has 3 aromatic rings. The van der Waals surface area contributed by atoms with Crippen molar-refractivity contribution >= 4 is 21.6 Å². The van der Waals surface area contributed by atoms with Crippen LogP contribution < -0.4 is 10.1 Å². The van der Waals surface area contributed by atoms with Crippen LogP contribution in [0.1, 0.15) is 29.8 Å². The van der Waals surface area contributed by atoms with Crippen LogP contribution in [0, 0.1) is 6.92 Å². The quantitative estimate of drug-likeness (QED) is 0.571. The first-order valence-electron chi connectivity index (χ1n) is 10.0. The summed E-state index contributed by atoms with van der Waals surface area (Å²) < 4.78 is 34.4. The van der Waals surface area contributed by atoms with Gasteiger partial charge in [0, 0.05) is 36.7 Å². The Balaban J connectivity index is 1.95. The summed E-state index contributed by atoms with van der Waals surface area (Å²) in [5, 5.41) is 2.80. The molecule has 0 bridgehead atoms. The fourth-order valence-electron chi connectivity index (χ4n) is 3.38. The number of carbonyl (C=O) groups is 1. The SMILES string of the molecule is CCN(CC)S(=O)(=O)c1ccc(OC)c(NC(=O)c2ccc(C)c(-n3cccc3)c2)c1. The maximum atomic E-state index is 13.0. The zero-order chi connectivity index (χ0) is 22.6. The third kappa shape index (κ3) is 4.65. The van der Waals surface area contributed by atoms with Crippen molar-refractivity contribution in [2.45, 2.75) is 25.7 Å². The largest absolute Gasteiger partial charge is 0.495 e. The standard InChI is InChI=1S/C23H27N3O4S/c1-5-26(6-2)31(28,29)19-11-12-22(30-4)20(16-19)24-23(27)18-10-9-17(3)21(15-18)25-13-7-8-14-25/h7-16H,5-6H2,1-4H3,(H,24,27). The highest BCUT2D eigenvalue weighted by atomic mass is 32.2. The molecule has 0 unspecified atom stereocenters. The number of benzene rings is 2. The van der Waals surface area contributed by atoms with Gasteiger partial charge < -0.3 is 14.6 Å². The van der Waals surface area contributed by atoms with Crippen molar-refractivity contribution in [1.29, 1.82) is 0 Å². The lowest BCUT2D eigenvalue weighted by molar-refractivity contribution is 0.102. The minimum atomic E-state index is -3.67. The fraction of sp³-hybridized carbons (Fsp3) is 0.261. The Kier molecular flexibility index (Phi) is 6.82. The number of anilines is 1. The van der Waals surface area contributed by atoms with Crippen LogP contribution in [0.15, 0.2) is 65.8 Å². The van der Waals surface area contributed by atoms with Gasteiger partial charge in [0.1, 0.15) is 5.75 Å². The number of ether oxygens (including phenoxy) is 1. The van der Waals surface area contributed by atoms with E-state index < -0.39 is 10.0 Å². The smallest absolute Gasteiger partial charge is 0.255 e. The van der Waals surface area contributed by atoms with E-state index in [4.69, 9.17) is 4.74 Å². The average molecular weight is 442 g/mol. The first-order chi connectivity index (χ1) is 14.8. The minimum absolute atomic E-state index is 0.101. The van der Waals surface area contributed by atoms with Crippen LogP contribution in [0.2, 0.25) is 0 Å². The lowest BCUT2D eigenvalue weighted by Gasteiger charge is -2.19. The van der Waals surface area contributed by atoms with E-state index in [2.05, 4.69) is 5.32 Å². The molecule has 1 aromatic heterocycles. The highest BCUT2D eigenvalue weighted by Crippen LogP contribution is 2.29. The molecule has 0 aliphatic rings. The highest BCUT2D eigenvalue weighted by molar-refractivity contribution is 7.89. The molecule has 1 amide bonds. The summed E-state index contributed by atoms with van der Waals surface area (Å²) in [7, 11) is -2.20. The summed E-state index contributed by atoms with van der Waals surface area (Å²) in [6, 6.07) is 13.7. The minimum Gasteiger partial charge on any atom is -0.495 e. The maximum Gasteiger partial charge on any atom is 0.255 e. The Morgan fingerprint density at radius 1 is 1.06 bits per heavy atom. The molecule has 164 valence electrons. The van der Waals surface area contributed by atoms with E-state index in [0.717, 1.165) is 11.3 Å². The zero-order valence-electron chi connectivity index (χ0n) is 18.1. The Hall–Kier alpha value is -3.10. The molecule has 0 radical (unpaired) electrons. The molecule has 0 saturated carbocycles. The molecule has 8 heteroatoms. The lowest BCUT2D eigenvalue weighted by atomic mass is 10.1. The summed E-state index contributed by atoms with van der Waals surface area (Å²) >= 11 is 0. The maximum absolute atomic E-state index is 13.0. The van der Waals surface area contributed by atoms with Gasteiger partial charge in [-0.1, -0.05) is 19.9 Å². The molecule has 0 atom stereocenters. The first kappa shape index (κ1) is 22.6. The monoisotopic (exact) mass is 441 g/mol. The molecule has 2 aromatic carbocycles. The van der Waals surface area contributed by atoms with Crippen LogP contribution in [-0.4, -0.2) is 43.4 Å². The Morgan fingerprint density at radius 2 is 1.74 bits per heavy atom. The number of nitrogens with one attached hydrogen (secondary N) is 1. The molecule has 7 nitrogen and oxygen atoms in total. The van der Waals surface area contributed by atoms with Gasteiger partial charge in [0.25, 0.3) is 5.91 Å². The molecule has 3 rings (SSSR count). The van der Waals surface area contributed by atoms with Crippen LogP contribution in [-0.2, 0) is 10.0 Å². The van der Waals surface area contributed by atoms with Gasteiger partial charge in [-0.25, -0.2) is 8.42 Å². The van der Waals surface area contributed by atoms with Gasteiger partial charge in [0.15, 0.2) is 0 Å². The number of carbonyl (C=O) groups excluding carboxylic acids is 1. The van der Waals surface area contributed by atoms with Gasteiger partial charge in [-0.05, 0) is 55.0 Å². The van der Waals surface area contributed by atoms with Gasteiger partial charge in [-0.15, -0.1) is 0 Å². The van der Waals surface area contributed by atoms with Crippen LogP contribution >= 0.6 is 0 Å². The number of rotatable bonds is 8. The summed E-state index contributed by atoms with van der Waals surface area (Å²) in [5.41, 5.74) is 2.66. The number of amides is 1. The molecule has 0 spiro atoms. The first-order valence-corrected chi connectivity index (χ1v) is 11.5. The molecule has 0 aliphatic heterocycles. The van der Waals surface area contributed by atoms with E-state index in [9.17, 15) is 13.2 Å². The molecule has 0 saturated heterocycles. The van der Waals surface area contributed by atoms with Crippen molar-refractivity contribution < 1.29 is 17.9 Å².